The van der Waals surface area contributed by atoms with Crippen LogP contribution in [0.4, 0.5) is 11.4 Å². The number of hydrogen-bond acceptors (Lipinski definition) is 3. The van der Waals surface area contributed by atoms with Crippen LogP contribution in [0.25, 0.3) is 11.1 Å². The Morgan fingerprint density at radius 2 is 1.47 bits per heavy atom. The molecule has 0 aromatic heterocycles. The van der Waals surface area contributed by atoms with Gasteiger partial charge in [0, 0.05) is 18.8 Å². The predicted octanol–water partition coefficient (Wildman–Crippen LogP) is 6.30. The van der Waals surface area contributed by atoms with Crippen LogP contribution in [0, 0.1) is 34.6 Å². The van der Waals surface area contributed by atoms with E-state index in [0.717, 1.165) is 52.2 Å². The monoisotopic (exact) mass is 448 g/mol. The molecular weight excluding hydrogens is 416 g/mol. The number of rotatable bonds is 5. The minimum Gasteiger partial charge on any atom is -0.371 e. The smallest absolute Gasteiger partial charge is 0.262 e. The Balaban J connectivity index is 1.77. The lowest BCUT2D eigenvalue weighted by Crippen LogP contribution is -2.22. The molecule has 32 heavy (non-hydrogen) atoms. The first-order valence-electron chi connectivity index (χ1n) is 11.2. The molecule has 168 valence electrons. The van der Waals surface area contributed by atoms with Gasteiger partial charge in [0.25, 0.3) is 10.0 Å². The molecule has 0 unspecified atom stereocenters. The summed E-state index contributed by atoms with van der Waals surface area (Å²) in [5.41, 5.74) is 8.80. The van der Waals surface area contributed by atoms with Crippen LogP contribution in [0.2, 0.25) is 0 Å². The maximum atomic E-state index is 13.6. The quantitative estimate of drug-likeness (QED) is 0.498. The van der Waals surface area contributed by atoms with Crippen molar-refractivity contribution in [2.24, 2.45) is 0 Å². The molecule has 1 fully saturated rings. The lowest BCUT2D eigenvalue weighted by molar-refractivity contribution is 0.600. The topological polar surface area (TPSA) is 49.4 Å². The van der Waals surface area contributed by atoms with Crippen molar-refractivity contribution in [3.8, 4) is 11.1 Å². The van der Waals surface area contributed by atoms with Crippen molar-refractivity contribution in [3.05, 3.63) is 76.3 Å². The number of hydrogen-bond donors (Lipinski definition) is 1. The highest BCUT2D eigenvalue weighted by Crippen LogP contribution is 2.37. The molecule has 0 atom stereocenters. The molecule has 0 amide bonds. The average molecular weight is 449 g/mol. The zero-order valence-electron chi connectivity index (χ0n) is 19.6. The molecule has 0 bridgehead atoms. The zero-order valence-corrected chi connectivity index (χ0v) is 20.4. The molecule has 5 heteroatoms. The van der Waals surface area contributed by atoms with Crippen molar-refractivity contribution in [2.45, 2.75) is 52.4 Å². The number of nitrogens with one attached hydrogen (secondary N) is 1. The maximum absolute atomic E-state index is 13.6. The summed E-state index contributed by atoms with van der Waals surface area (Å²) in [7, 11) is -3.75. The van der Waals surface area contributed by atoms with E-state index in [0.29, 0.717) is 10.6 Å². The van der Waals surface area contributed by atoms with Crippen LogP contribution >= 0.6 is 0 Å². The lowest BCUT2D eigenvalue weighted by atomic mass is 10.00. The average Bonchev–Trinajstić information content (AvgIpc) is 3.26. The first-order chi connectivity index (χ1) is 15.2. The van der Waals surface area contributed by atoms with Gasteiger partial charge < -0.3 is 4.90 Å². The molecule has 1 heterocycles. The third-order valence-corrected chi connectivity index (χ3v) is 8.02. The molecule has 3 aromatic carbocycles. The Morgan fingerprint density at radius 1 is 0.781 bits per heavy atom. The van der Waals surface area contributed by atoms with Crippen molar-refractivity contribution in [3.63, 3.8) is 0 Å². The second-order valence-corrected chi connectivity index (χ2v) is 10.6. The van der Waals surface area contributed by atoms with Crippen molar-refractivity contribution in [1.29, 1.82) is 0 Å². The van der Waals surface area contributed by atoms with E-state index in [1.165, 1.54) is 18.4 Å². The molecule has 3 aromatic rings. The summed E-state index contributed by atoms with van der Waals surface area (Å²) in [6, 6.07) is 15.8. The molecule has 0 saturated carbocycles. The van der Waals surface area contributed by atoms with Gasteiger partial charge in [0.05, 0.1) is 10.6 Å². The normalized spacial score (nSPS) is 14.1. The fourth-order valence-corrected chi connectivity index (χ4v) is 6.37. The van der Waals surface area contributed by atoms with Crippen molar-refractivity contribution >= 4 is 21.4 Å². The van der Waals surface area contributed by atoms with Crippen LogP contribution in [0.3, 0.4) is 0 Å². The molecule has 0 radical (unpaired) electrons. The van der Waals surface area contributed by atoms with Gasteiger partial charge in [-0.15, -0.1) is 0 Å². The summed E-state index contributed by atoms with van der Waals surface area (Å²) in [6.45, 7) is 12.1. The van der Waals surface area contributed by atoms with Gasteiger partial charge in [-0.1, -0.05) is 42.5 Å². The van der Waals surface area contributed by atoms with Gasteiger partial charge in [-0.05, 0) is 92.5 Å². The molecule has 0 spiro atoms. The molecule has 1 N–H and O–H groups in total. The van der Waals surface area contributed by atoms with E-state index < -0.39 is 10.0 Å². The Hall–Kier alpha value is -2.79. The summed E-state index contributed by atoms with van der Waals surface area (Å²) in [5.74, 6) is 0. The SMILES string of the molecule is Cc1ccccc1-c1ccc(C)c(S(=O)(=O)Nc2c(C)cc(C)c(N3CCCC3)c2C)c1. The van der Waals surface area contributed by atoms with E-state index in [2.05, 4.69) is 22.6 Å². The van der Waals surface area contributed by atoms with E-state index in [-0.39, 0.29) is 0 Å². The van der Waals surface area contributed by atoms with Crippen LogP contribution in [-0.4, -0.2) is 21.5 Å². The summed E-state index contributed by atoms with van der Waals surface area (Å²) in [4.78, 5) is 2.70. The summed E-state index contributed by atoms with van der Waals surface area (Å²) < 4.78 is 30.1. The summed E-state index contributed by atoms with van der Waals surface area (Å²) >= 11 is 0. The summed E-state index contributed by atoms with van der Waals surface area (Å²) in [5, 5.41) is 0. The van der Waals surface area contributed by atoms with Crippen molar-refractivity contribution in [1.82, 2.24) is 0 Å². The van der Waals surface area contributed by atoms with E-state index in [1.54, 1.807) is 6.07 Å². The number of aryl methyl sites for hydroxylation is 4. The number of sulfonamides is 1. The van der Waals surface area contributed by atoms with E-state index in [4.69, 9.17) is 0 Å². The third kappa shape index (κ3) is 4.14. The second kappa shape index (κ2) is 8.62. The van der Waals surface area contributed by atoms with Crippen LogP contribution in [0.1, 0.15) is 40.7 Å². The van der Waals surface area contributed by atoms with Gasteiger partial charge >= 0.3 is 0 Å². The standard InChI is InChI=1S/C27H32N2O2S/c1-18-10-6-7-11-24(18)23-13-12-19(2)25(17-23)32(30,31)28-26-20(3)16-21(4)27(22(26)5)29-14-8-9-15-29/h6-7,10-13,16-17,28H,8-9,14-15H2,1-5H3. The minimum atomic E-state index is -3.75. The highest BCUT2D eigenvalue weighted by Gasteiger charge is 2.24. The Labute approximate surface area is 192 Å². The fourth-order valence-electron chi connectivity index (χ4n) is 4.90. The molecule has 0 aliphatic carbocycles. The highest BCUT2D eigenvalue weighted by atomic mass is 32.2. The molecule has 1 aliphatic rings. The number of nitrogens with zero attached hydrogens (tertiary/aromatic N) is 1. The van der Waals surface area contributed by atoms with Gasteiger partial charge in [0.15, 0.2) is 0 Å². The third-order valence-electron chi connectivity index (χ3n) is 6.52. The number of benzene rings is 3. The summed E-state index contributed by atoms with van der Waals surface area (Å²) in [6.07, 6.45) is 2.36. The number of anilines is 2. The largest absolute Gasteiger partial charge is 0.371 e. The molecule has 1 aliphatic heterocycles. The van der Waals surface area contributed by atoms with Gasteiger partial charge in [-0.3, -0.25) is 4.72 Å². The van der Waals surface area contributed by atoms with Crippen molar-refractivity contribution < 1.29 is 8.42 Å². The first-order valence-corrected chi connectivity index (χ1v) is 12.7. The zero-order chi connectivity index (χ0) is 23.0. The van der Waals surface area contributed by atoms with Crippen LogP contribution < -0.4 is 9.62 Å². The Morgan fingerprint density at radius 3 is 2.16 bits per heavy atom. The highest BCUT2D eigenvalue weighted by molar-refractivity contribution is 7.92. The van der Waals surface area contributed by atoms with Gasteiger partial charge in [0.1, 0.15) is 0 Å². The fraction of sp³-hybridized carbons (Fsp3) is 0.333. The van der Waals surface area contributed by atoms with Gasteiger partial charge in [-0.2, -0.15) is 0 Å². The molecule has 4 nitrogen and oxygen atoms in total. The molecular formula is C27H32N2O2S. The maximum Gasteiger partial charge on any atom is 0.262 e. The van der Waals surface area contributed by atoms with Gasteiger partial charge in [0.2, 0.25) is 0 Å². The van der Waals surface area contributed by atoms with Crippen LogP contribution in [-0.2, 0) is 10.0 Å². The van der Waals surface area contributed by atoms with Gasteiger partial charge in [-0.25, -0.2) is 8.42 Å². The van der Waals surface area contributed by atoms with Crippen LogP contribution in [0.5, 0.6) is 0 Å². The first kappa shape index (κ1) is 22.4. The molecule has 1 saturated heterocycles. The minimum absolute atomic E-state index is 0.320. The van der Waals surface area contributed by atoms with E-state index >= 15 is 0 Å². The predicted molar refractivity (Wildman–Crippen MR) is 134 cm³/mol. The second-order valence-electron chi connectivity index (χ2n) is 8.95. The van der Waals surface area contributed by atoms with E-state index in [1.807, 2.05) is 64.1 Å². The lowest BCUT2D eigenvalue weighted by Gasteiger charge is -2.26. The molecule has 4 rings (SSSR count). The van der Waals surface area contributed by atoms with E-state index in [9.17, 15) is 8.42 Å². The van der Waals surface area contributed by atoms with Crippen LogP contribution in [0.15, 0.2) is 53.4 Å². The Bertz CT molecular complexity index is 1270. The van der Waals surface area contributed by atoms with Crippen molar-refractivity contribution in [2.75, 3.05) is 22.7 Å². The Kier molecular flexibility index (Phi) is 6.04.